The Morgan fingerprint density at radius 2 is 2.25 bits per heavy atom. The molecule has 0 heterocycles. The maximum absolute atomic E-state index is 13.1. The lowest BCUT2D eigenvalue weighted by atomic mass is 10.2. The van der Waals surface area contributed by atoms with Crippen LogP contribution in [0.15, 0.2) is 12.1 Å². The van der Waals surface area contributed by atoms with E-state index in [0.29, 0.717) is 0 Å². The van der Waals surface area contributed by atoms with E-state index in [1.54, 1.807) is 0 Å². The van der Waals surface area contributed by atoms with E-state index < -0.39 is 28.9 Å². The molecule has 1 rings (SSSR count). The molecule has 0 fully saturated rings. The van der Waals surface area contributed by atoms with Gasteiger partial charge >= 0.3 is 11.7 Å². The lowest BCUT2D eigenvalue weighted by molar-refractivity contribution is -0.387. The van der Waals surface area contributed by atoms with E-state index in [2.05, 4.69) is 5.32 Å². The van der Waals surface area contributed by atoms with Crippen molar-refractivity contribution in [2.45, 2.75) is 0 Å². The van der Waals surface area contributed by atoms with Crippen LogP contribution in [0.4, 0.5) is 15.8 Å². The van der Waals surface area contributed by atoms with Gasteiger partial charge in [-0.15, -0.1) is 0 Å². The molecule has 0 saturated heterocycles. The summed E-state index contributed by atoms with van der Waals surface area (Å²) >= 11 is 5.60. The summed E-state index contributed by atoms with van der Waals surface area (Å²) in [5, 5.41) is 20.9. The zero-order valence-corrected chi connectivity index (χ0v) is 8.49. The average Bonchev–Trinajstić information content (AvgIpc) is 2.18. The fraction of sp³-hybridized carbons (Fsp3) is 0.125. The van der Waals surface area contributed by atoms with Crippen LogP contribution in [0, 0.1) is 15.9 Å². The molecule has 0 atom stereocenters. The number of nitro groups is 1. The first-order chi connectivity index (χ1) is 7.41. The van der Waals surface area contributed by atoms with E-state index in [0.717, 1.165) is 12.1 Å². The molecule has 86 valence electrons. The van der Waals surface area contributed by atoms with E-state index in [4.69, 9.17) is 16.7 Å². The number of anilines is 1. The summed E-state index contributed by atoms with van der Waals surface area (Å²) in [6.45, 7) is -0.461. The smallest absolute Gasteiger partial charge is 0.322 e. The van der Waals surface area contributed by atoms with Crippen molar-refractivity contribution in [3.05, 3.63) is 33.1 Å². The van der Waals surface area contributed by atoms with Gasteiger partial charge in [0.05, 0.1) is 15.6 Å². The van der Waals surface area contributed by atoms with E-state index >= 15 is 0 Å². The first kappa shape index (κ1) is 12.2. The quantitative estimate of drug-likeness (QED) is 0.627. The monoisotopic (exact) mass is 248 g/mol. The number of halogens is 2. The molecule has 0 saturated carbocycles. The van der Waals surface area contributed by atoms with Crippen LogP contribution in [0.5, 0.6) is 0 Å². The summed E-state index contributed by atoms with van der Waals surface area (Å²) in [5.41, 5.74) is -0.766. The van der Waals surface area contributed by atoms with Crippen LogP contribution in [-0.4, -0.2) is 22.5 Å². The summed E-state index contributed by atoms with van der Waals surface area (Å²) in [7, 11) is 0. The number of benzene rings is 1. The number of nitrogens with one attached hydrogen (secondary N) is 1. The standard InChI is InChI=1S/C8H6ClFN2O4/c9-4-1-7(12(15)16)5(10)2-6(4)11-3-8(13)14/h1-2,11H,3H2,(H,13,14). The number of carbonyl (C=O) groups is 1. The zero-order chi connectivity index (χ0) is 12.3. The Kier molecular flexibility index (Phi) is 3.62. The zero-order valence-electron chi connectivity index (χ0n) is 7.74. The van der Waals surface area contributed by atoms with Gasteiger partial charge < -0.3 is 10.4 Å². The number of rotatable bonds is 4. The van der Waals surface area contributed by atoms with Crippen molar-refractivity contribution in [2.24, 2.45) is 0 Å². The Bertz CT molecular complexity index is 452. The molecule has 0 aliphatic rings. The van der Waals surface area contributed by atoms with Crippen molar-refractivity contribution in [1.29, 1.82) is 0 Å². The van der Waals surface area contributed by atoms with Gasteiger partial charge in [0.25, 0.3) is 0 Å². The average molecular weight is 249 g/mol. The number of carboxylic acids is 1. The third-order valence-electron chi connectivity index (χ3n) is 1.66. The van der Waals surface area contributed by atoms with Gasteiger partial charge in [-0.2, -0.15) is 4.39 Å². The van der Waals surface area contributed by atoms with Crippen molar-refractivity contribution < 1.29 is 19.2 Å². The summed E-state index contributed by atoms with van der Waals surface area (Å²) in [6.07, 6.45) is 0. The second-order valence-electron chi connectivity index (χ2n) is 2.79. The van der Waals surface area contributed by atoms with Gasteiger partial charge in [-0.1, -0.05) is 11.6 Å². The highest BCUT2D eigenvalue weighted by atomic mass is 35.5. The predicted octanol–water partition coefficient (Wildman–Crippen LogP) is 1.88. The maximum atomic E-state index is 13.1. The molecule has 0 spiro atoms. The molecule has 16 heavy (non-hydrogen) atoms. The van der Waals surface area contributed by atoms with Crippen molar-refractivity contribution in [3.63, 3.8) is 0 Å². The van der Waals surface area contributed by atoms with Gasteiger partial charge in [0.1, 0.15) is 6.54 Å². The largest absolute Gasteiger partial charge is 0.480 e. The number of hydrogen-bond donors (Lipinski definition) is 2. The summed E-state index contributed by atoms with van der Waals surface area (Å²) in [5.74, 6) is -2.24. The number of nitro benzene ring substituents is 1. The van der Waals surface area contributed by atoms with E-state index in [1.165, 1.54) is 0 Å². The van der Waals surface area contributed by atoms with Gasteiger partial charge in [0.2, 0.25) is 5.82 Å². The van der Waals surface area contributed by atoms with Crippen LogP contribution >= 0.6 is 11.6 Å². The third-order valence-corrected chi connectivity index (χ3v) is 1.98. The lowest BCUT2D eigenvalue weighted by Crippen LogP contribution is -2.12. The summed E-state index contributed by atoms with van der Waals surface area (Å²) < 4.78 is 13.1. The molecule has 0 aliphatic carbocycles. The first-order valence-electron chi connectivity index (χ1n) is 4.01. The molecule has 6 nitrogen and oxygen atoms in total. The van der Waals surface area contributed by atoms with E-state index in [-0.39, 0.29) is 10.7 Å². The fourth-order valence-electron chi connectivity index (χ4n) is 0.983. The van der Waals surface area contributed by atoms with Crippen molar-refractivity contribution in [2.75, 3.05) is 11.9 Å². The molecular weight excluding hydrogens is 243 g/mol. The number of nitrogens with zero attached hydrogens (tertiary/aromatic N) is 1. The van der Waals surface area contributed by atoms with Gasteiger partial charge in [-0.25, -0.2) is 0 Å². The lowest BCUT2D eigenvalue weighted by Gasteiger charge is -2.05. The Labute approximate surface area is 93.8 Å². The van der Waals surface area contributed by atoms with E-state index in [9.17, 15) is 19.3 Å². The molecule has 0 aromatic heterocycles. The highest BCUT2D eigenvalue weighted by Gasteiger charge is 2.17. The minimum Gasteiger partial charge on any atom is -0.480 e. The summed E-state index contributed by atoms with van der Waals surface area (Å²) in [6, 6.07) is 1.60. The first-order valence-corrected chi connectivity index (χ1v) is 4.38. The van der Waals surface area contributed by atoms with Gasteiger partial charge in [0.15, 0.2) is 0 Å². The second-order valence-corrected chi connectivity index (χ2v) is 3.20. The Balaban J connectivity index is 3.01. The van der Waals surface area contributed by atoms with Crippen molar-refractivity contribution in [3.8, 4) is 0 Å². The van der Waals surface area contributed by atoms with Crippen molar-refractivity contribution >= 4 is 28.9 Å². The normalized spacial score (nSPS) is 9.88. The van der Waals surface area contributed by atoms with Crippen LogP contribution in [0.1, 0.15) is 0 Å². The highest BCUT2D eigenvalue weighted by molar-refractivity contribution is 6.33. The Hall–Kier alpha value is -1.89. The van der Waals surface area contributed by atoms with E-state index in [1.807, 2.05) is 0 Å². The molecule has 0 amide bonds. The summed E-state index contributed by atoms with van der Waals surface area (Å²) in [4.78, 5) is 19.7. The molecule has 2 N–H and O–H groups in total. The van der Waals surface area contributed by atoms with Crippen LogP contribution in [0.2, 0.25) is 5.02 Å². The second kappa shape index (κ2) is 4.75. The fourth-order valence-corrected chi connectivity index (χ4v) is 1.21. The molecule has 0 aliphatic heterocycles. The van der Waals surface area contributed by atoms with Gasteiger partial charge in [-0.3, -0.25) is 14.9 Å². The minimum absolute atomic E-state index is 0.00725. The predicted molar refractivity (Wildman–Crippen MR) is 54.2 cm³/mol. The number of aliphatic carboxylic acids is 1. The Morgan fingerprint density at radius 3 is 2.75 bits per heavy atom. The Morgan fingerprint density at radius 1 is 1.62 bits per heavy atom. The SMILES string of the molecule is O=C(O)CNc1cc(F)c([N+](=O)[O-])cc1Cl. The molecule has 0 radical (unpaired) electrons. The van der Waals surface area contributed by atoms with Crippen LogP contribution in [0.25, 0.3) is 0 Å². The van der Waals surface area contributed by atoms with Crippen LogP contribution in [-0.2, 0) is 4.79 Å². The molecule has 0 unspecified atom stereocenters. The maximum Gasteiger partial charge on any atom is 0.322 e. The van der Waals surface area contributed by atoms with Gasteiger partial charge in [0, 0.05) is 12.1 Å². The molecular formula is C8H6ClFN2O4. The number of carboxylic acid groups (broad SMARTS) is 1. The molecule has 8 heteroatoms. The molecule has 1 aromatic carbocycles. The molecule has 0 bridgehead atoms. The molecule has 1 aromatic rings. The van der Waals surface area contributed by atoms with Gasteiger partial charge in [-0.05, 0) is 0 Å². The number of hydrogen-bond acceptors (Lipinski definition) is 4. The third kappa shape index (κ3) is 2.80. The minimum atomic E-state index is -1.16. The topological polar surface area (TPSA) is 92.5 Å². The van der Waals surface area contributed by atoms with Crippen molar-refractivity contribution in [1.82, 2.24) is 0 Å². The van der Waals surface area contributed by atoms with Crippen LogP contribution < -0.4 is 5.32 Å². The highest BCUT2D eigenvalue weighted by Crippen LogP contribution is 2.29. The van der Waals surface area contributed by atoms with Crippen LogP contribution in [0.3, 0.4) is 0 Å².